The van der Waals surface area contributed by atoms with Gasteiger partial charge in [-0.3, -0.25) is 9.63 Å². The van der Waals surface area contributed by atoms with Gasteiger partial charge in [0, 0.05) is 16.6 Å². The molecule has 28 heavy (non-hydrogen) atoms. The van der Waals surface area contributed by atoms with Crippen LogP contribution in [0, 0.1) is 0 Å². The highest BCUT2D eigenvalue weighted by atomic mass is 79.9. The fourth-order valence-corrected chi connectivity index (χ4v) is 2.72. The third-order valence-corrected chi connectivity index (χ3v) is 3.91. The molecular weight excluding hydrogens is 437 g/mol. The first kappa shape index (κ1) is 21.8. The summed E-state index contributed by atoms with van der Waals surface area (Å²) in [6, 6.07) is 3.09. The Balaban J connectivity index is 2.10. The van der Waals surface area contributed by atoms with Crippen molar-refractivity contribution < 1.29 is 23.6 Å². The van der Waals surface area contributed by atoms with Gasteiger partial charge in [0.2, 0.25) is 0 Å². The van der Waals surface area contributed by atoms with Crippen molar-refractivity contribution in [3.8, 4) is 0 Å². The zero-order valence-electron chi connectivity index (χ0n) is 15.9. The van der Waals surface area contributed by atoms with Gasteiger partial charge in [-0.05, 0) is 54.9 Å². The van der Waals surface area contributed by atoms with Gasteiger partial charge in [-0.15, -0.1) is 5.10 Å². The summed E-state index contributed by atoms with van der Waals surface area (Å²) in [4.78, 5) is 28.1. The van der Waals surface area contributed by atoms with E-state index in [1.165, 1.54) is 23.9 Å². The molecule has 0 aliphatic rings. The van der Waals surface area contributed by atoms with Crippen molar-refractivity contribution in [3.63, 3.8) is 0 Å². The maximum atomic E-state index is 14.2. The van der Waals surface area contributed by atoms with E-state index in [0.29, 0.717) is 21.1 Å². The number of nitrogens with one attached hydrogen (secondary N) is 2. The molecule has 0 fully saturated rings. The van der Waals surface area contributed by atoms with E-state index >= 15 is 0 Å². The van der Waals surface area contributed by atoms with E-state index in [0.717, 1.165) is 0 Å². The van der Waals surface area contributed by atoms with E-state index in [1.54, 1.807) is 26.8 Å². The Morgan fingerprint density at radius 2 is 2.07 bits per heavy atom. The smallest absolute Gasteiger partial charge is 0.407 e. The van der Waals surface area contributed by atoms with Crippen LogP contribution in [-0.2, 0) is 16.1 Å². The number of hydrogen-bond acceptors (Lipinski definition) is 6. The summed E-state index contributed by atoms with van der Waals surface area (Å²) in [6.45, 7) is 4.95. The first-order valence-corrected chi connectivity index (χ1v) is 9.07. The predicted octanol–water partition coefficient (Wildman–Crippen LogP) is 2.86. The lowest BCUT2D eigenvalue weighted by Crippen LogP contribution is -2.32. The fraction of sp³-hybridized carbons (Fsp3) is 0.412. The van der Waals surface area contributed by atoms with Crippen LogP contribution in [0.5, 0.6) is 0 Å². The summed E-state index contributed by atoms with van der Waals surface area (Å²) in [5, 5.41) is 10.3. The summed E-state index contributed by atoms with van der Waals surface area (Å²) < 4.78 is 21.1. The maximum Gasteiger partial charge on any atom is 0.407 e. The zero-order chi connectivity index (χ0) is 20.9. The summed E-state index contributed by atoms with van der Waals surface area (Å²) in [5.41, 5.74) is 2.81. The van der Waals surface area contributed by atoms with Crippen LogP contribution in [0.4, 0.5) is 9.18 Å². The Morgan fingerprint density at radius 1 is 1.36 bits per heavy atom. The van der Waals surface area contributed by atoms with Gasteiger partial charge in [0.15, 0.2) is 0 Å². The van der Waals surface area contributed by atoms with Gasteiger partial charge in [0.1, 0.15) is 16.9 Å². The number of carbonyl (C=O) groups excluding carboxylic acids is 2. The average molecular weight is 458 g/mol. The topological polar surface area (TPSA) is 107 Å². The predicted molar refractivity (Wildman–Crippen MR) is 103 cm³/mol. The van der Waals surface area contributed by atoms with Gasteiger partial charge in [-0.25, -0.2) is 19.3 Å². The van der Waals surface area contributed by atoms with Crippen LogP contribution in [-0.4, -0.2) is 46.2 Å². The molecule has 2 N–H and O–H groups in total. The number of hydrogen-bond donors (Lipinski definition) is 2. The summed E-state index contributed by atoms with van der Waals surface area (Å²) >= 11 is 3.32. The molecule has 2 rings (SSSR count). The largest absolute Gasteiger partial charge is 0.444 e. The third kappa shape index (κ3) is 5.99. The first-order valence-electron chi connectivity index (χ1n) is 8.28. The van der Waals surface area contributed by atoms with Gasteiger partial charge in [-0.2, -0.15) is 0 Å². The van der Waals surface area contributed by atoms with Crippen LogP contribution in [0.15, 0.2) is 28.5 Å². The Morgan fingerprint density at radius 3 is 2.71 bits per heavy atom. The van der Waals surface area contributed by atoms with Crippen molar-refractivity contribution in [2.24, 2.45) is 0 Å². The molecule has 0 unspecified atom stereocenters. The van der Waals surface area contributed by atoms with Gasteiger partial charge >= 0.3 is 6.09 Å². The Kier molecular flexibility index (Phi) is 7.08. The lowest BCUT2D eigenvalue weighted by Gasteiger charge is -2.19. The molecule has 0 atom stereocenters. The van der Waals surface area contributed by atoms with Crippen LogP contribution < -0.4 is 10.8 Å². The number of carbonyl (C=O) groups is 2. The normalized spacial score (nSPS) is 12.1. The van der Waals surface area contributed by atoms with Gasteiger partial charge in [-0.1, -0.05) is 5.21 Å². The molecule has 1 aromatic carbocycles. The fourth-order valence-electron chi connectivity index (χ4n) is 2.19. The maximum absolute atomic E-state index is 14.2. The molecule has 0 saturated heterocycles. The lowest BCUT2D eigenvalue weighted by molar-refractivity contribution is 0.0528. The number of nitrogens with zero attached hydrogens (tertiary/aromatic N) is 3. The summed E-state index contributed by atoms with van der Waals surface area (Å²) in [5.74, 6) is -0.999. The van der Waals surface area contributed by atoms with Crippen molar-refractivity contribution in [1.82, 2.24) is 25.8 Å². The molecule has 9 nitrogen and oxygen atoms in total. The quantitative estimate of drug-likeness (QED) is 0.645. The van der Waals surface area contributed by atoms with Crippen LogP contribution >= 0.6 is 15.9 Å². The molecule has 0 aliphatic heterocycles. The van der Waals surface area contributed by atoms with Gasteiger partial charge in [0.05, 0.1) is 19.2 Å². The molecule has 0 radical (unpaired) electrons. The Bertz CT molecular complexity index is 907. The number of ether oxygens (including phenoxy) is 1. The Hall–Kier alpha value is -2.53. The van der Waals surface area contributed by atoms with Crippen molar-refractivity contribution in [2.75, 3.05) is 13.7 Å². The molecular formula is C17H21BrFN5O4. The minimum absolute atomic E-state index is 0.0431. The second kappa shape index (κ2) is 9.11. The lowest BCUT2D eigenvalue weighted by atomic mass is 10.2. The number of hydroxylamine groups is 1. The molecule has 1 heterocycles. The number of amides is 2. The second-order valence-electron chi connectivity index (χ2n) is 6.74. The van der Waals surface area contributed by atoms with E-state index in [9.17, 15) is 14.0 Å². The van der Waals surface area contributed by atoms with Crippen molar-refractivity contribution in [3.05, 3.63) is 34.1 Å². The van der Waals surface area contributed by atoms with Gasteiger partial charge in [0.25, 0.3) is 5.91 Å². The molecule has 0 saturated carbocycles. The van der Waals surface area contributed by atoms with Crippen LogP contribution in [0.2, 0.25) is 0 Å². The average Bonchev–Trinajstić information content (AvgIpc) is 2.96. The molecule has 0 bridgehead atoms. The second-order valence-corrected chi connectivity index (χ2v) is 7.60. The molecule has 0 aliphatic carbocycles. The minimum atomic E-state index is -0.638. The van der Waals surface area contributed by atoms with E-state index in [1.807, 2.05) is 0 Å². The third-order valence-electron chi connectivity index (χ3n) is 3.30. The SMILES string of the molecule is CONC(=O)c1cc(Br)c2nnn(C/C(F)=C/CNC(=O)OC(C)(C)C)c2c1. The van der Waals surface area contributed by atoms with E-state index in [2.05, 4.69) is 41.9 Å². The van der Waals surface area contributed by atoms with Crippen molar-refractivity contribution >= 4 is 39.0 Å². The van der Waals surface area contributed by atoms with Crippen molar-refractivity contribution in [2.45, 2.75) is 32.9 Å². The number of allylic oxidation sites excluding steroid dienone is 1. The highest BCUT2D eigenvalue weighted by Gasteiger charge is 2.16. The Labute approximate surface area is 169 Å². The number of fused-ring (bicyclic) bond motifs is 1. The molecule has 11 heteroatoms. The van der Waals surface area contributed by atoms with Gasteiger partial charge < -0.3 is 10.1 Å². The number of alkyl carbamates (subject to hydrolysis) is 1. The number of benzene rings is 1. The van der Waals surface area contributed by atoms with E-state index in [4.69, 9.17) is 4.74 Å². The number of halogens is 2. The molecule has 0 spiro atoms. The van der Waals surface area contributed by atoms with Crippen molar-refractivity contribution in [1.29, 1.82) is 0 Å². The monoisotopic (exact) mass is 457 g/mol. The summed E-state index contributed by atoms with van der Waals surface area (Å²) in [7, 11) is 1.32. The number of rotatable bonds is 6. The first-order chi connectivity index (χ1) is 13.1. The highest BCUT2D eigenvalue weighted by molar-refractivity contribution is 9.10. The van der Waals surface area contributed by atoms with E-state index in [-0.39, 0.29) is 13.1 Å². The molecule has 2 aromatic rings. The molecule has 1 aromatic heterocycles. The van der Waals surface area contributed by atoms with E-state index < -0.39 is 23.4 Å². The minimum Gasteiger partial charge on any atom is -0.444 e. The van der Waals surface area contributed by atoms with Crippen LogP contribution in [0.25, 0.3) is 11.0 Å². The summed E-state index contributed by atoms with van der Waals surface area (Å²) in [6.07, 6.45) is 0.564. The number of aromatic nitrogens is 3. The van der Waals surface area contributed by atoms with Crippen LogP contribution in [0.3, 0.4) is 0 Å². The standard InChI is InChI=1S/C17H21BrFN5O4/c1-17(2,3)28-16(26)20-6-5-11(19)9-24-13-8-10(15(25)22-27-4)7-12(18)14(13)21-23-24/h5,7-8H,6,9H2,1-4H3,(H,20,26)(H,22,25)/b11-5-. The molecule has 2 amide bonds. The molecule has 152 valence electrons. The van der Waals surface area contributed by atoms with Crippen LogP contribution in [0.1, 0.15) is 31.1 Å². The zero-order valence-corrected chi connectivity index (χ0v) is 17.5. The highest BCUT2D eigenvalue weighted by Crippen LogP contribution is 2.24.